The van der Waals surface area contributed by atoms with E-state index in [1.165, 1.54) is 0 Å². The van der Waals surface area contributed by atoms with E-state index >= 15 is 0 Å². The molecule has 172 valence electrons. The molecule has 2 atom stereocenters. The van der Waals surface area contributed by atoms with E-state index in [9.17, 15) is 28.8 Å². The molecule has 31 heavy (non-hydrogen) atoms. The predicted molar refractivity (Wildman–Crippen MR) is 111 cm³/mol. The van der Waals surface area contributed by atoms with E-state index in [0.29, 0.717) is 6.42 Å². The largest absolute Gasteiger partial charge is 0.352 e. The fourth-order valence-corrected chi connectivity index (χ4v) is 2.95. The molecular weight excluding hydrogens is 406 g/mol. The molecule has 5 N–H and O–H groups in total. The molecule has 0 aromatic carbocycles. The fraction of sp³-hybridized carbons (Fsp3) is 0.600. The molecule has 1 aliphatic rings. The first-order valence-corrected chi connectivity index (χ1v) is 10.1. The van der Waals surface area contributed by atoms with Crippen molar-refractivity contribution in [3.8, 4) is 0 Å². The molecule has 0 aromatic rings. The Morgan fingerprint density at radius 1 is 1.00 bits per heavy atom. The zero-order chi connectivity index (χ0) is 23.7. The third-order valence-corrected chi connectivity index (χ3v) is 4.67. The lowest BCUT2D eigenvalue weighted by Gasteiger charge is -2.26. The summed E-state index contributed by atoms with van der Waals surface area (Å²) in [5.74, 6) is -3.25. The number of Topliss-reactive ketones (excluding diaryl/α,β-unsaturated/α-hetero) is 1. The van der Waals surface area contributed by atoms with Crippen LogP contribution < -0.4 is 21.7 Å². The number of rotatable bonds is 12. The zero-order valence-electron chi connectivity index (χ0n) is 18.3. The molecule has 11 heteroatoms. The van der Waals surface area contributed by atoms with Crippen LogP contribution >= 0.6 is 0 Å². The number of carbonyl (C=O) groups excluding carboxylic acids is 6. The van der Waals surface area contributed by atoms with Gasteiger partial charge in [-0.1, -0.05) is 27.7 Å². The van der Waals surface area contributed by atoms with Crippen molar-refractivity contribution >= 4 is 35.4 Å². The maximum absolute atomic E-state index is 12.8. The average Bonchev–Trinajstić information content (AvgIpc) is 2.99. The highest BCUT2D eigenvalue weighted by Crippen LogP contribution is 2.09. The Bertz CT molecular complexity index is 743. The molecule has 0 saturated heterocycles. The third kappa shape index (κ3) is 8.19. The summed E-state index contributed by atoms with van der Waals surface area (Å²) in [5, 5.41) is 7.63. The molecule has 0 bridgehead atoms. The standard InChI is InChI=1S/C20H31N5O6/c1-11(2)17(24-14(26)10-25-15(27)7-8-16(25)28)19(30)23-13(18(29)12(3)4)6-5-9-22-20(21)31/h7-8,11-13,17H,5-6,9-10H2,1-4H3,(H,23,30)(H,24,26)(H3,21,22,31). The summed E-state index contributed by atoms with van der Waals surface area (Å²) < 4.78 is 0. The number of primary amides is 1. The number of nitrogens with two attached hydrogens (primary N) is 1. The van der Waals surface area contributed by atoms with Crippen LogP contribution in [0.1, 0.15) is 40.5 Å². The van der Waals surface area contributed by atoms with Gasteiger partial charge in [0, 0.05) is 24.6 Å². The normalized spacial score (nSPS) is 15.2. The second-order valence-corrected chi connectivity index (χ2v) is 7.94. The molecule has 0 spiro atoms. The highest BCUT2D eigenvalue weighted by Gasteiger charge is 2.31. The van der Waals surface area contributed by atoms with Crippen LogP contribution in [0.5, 0.6) is 0 Å². The van der Waals surface area contributed by atoms with E-state index in [-0.39, 0.29) is 30.6 Å². The van der Waals surface area contributed by atoms with Gasteiger partial charge in [-0.15, -0.1) is 0 Å². The molecule has 0 aromatic heterocycles. The number of nitrogens with zero attached hydrogens (tertiary/aromatic N) is 1. The van der Waals surface area contributed by atoms with Crippen LogP contribution in [0.25, 0.3) is 0 Å². The number of amides is 6. The monoisotopic (exact) mass is 437 g/mol. The lowest BCUT2D eigenvalue weighted by Crippen LogP contribution is -2.55. The van der Waals surface area contributed by atoms with Crippen molar-refractivity contribution in [3.05, 3.63) is 12.2 Å². The highest BCUT2D eigenvalue weighted by molar-refractivity contribution is 6.14. The van der Waals surface area contributed by atoms with Gasteiger partial charge in [0.15, 0.2) is 5.78 Å². The summed E-state index contributed by atoms with van der Waals surface area (Å²) in [4.78, 5) is 72.5. The number of hydrogen-bond acceptors (Lipinski definition) is 6. The predicted octanol–water partition coefficient (Wildman–Crippen LogP) is -0.789. The lowest BCUT2D eigenvalue weighted by molar-refractivity contribution is -0.141. The number of urea groups is 1. The van der Waals surface area contributed by atoms with Gasteiger partial charge in [-0.05, 0) is 18.8 Å². The SMILES string of the molecule is CC(C)C(=O)C(CCCNC(N)=O)NC(=O)C(NC(=O)CN1C(=O)C=CC1=O)C(C)C. The summed E-state index contributed by atoms with van der Waals surface area (Å²) in [5.41, 5.74) is 5.02. The van der Waals surface area contributed by atoms with Crippen molar-refractivity contribution in [2.75, 3.05) is 13.1 Å². The maximum atomic E-state index is 12.8. The first-order chi connectivity index (χ1) is 14.4. The Balaban J connectivity index is 2.77. The van der Waals surface area contributed by atoms with Crippen LogP contribution in [-0.2, 0) is 24.0 Å². The lowest BCUT2D eigenvalue weighted by atomic mass is 9.96. The van der Waals surface area contributed by atoms with Crippen molar-refractivity contribution < 1.29 is 28.8 Å². The number of ketones is 1. The smallest absolute Gasteiger partial charge is 0.312 e. The van der Waals surface area contributed by atoms with E-state index in [2.05, 4.69) is 16.0 Å². The highest BCUT2D eigenvalue weighted by atomic mass is 16.2. The van der Waals surface area contributed by atoms with Crippen molar-refractivity contribution in [2.45, 2.75) is 52.6 Å². The minimum Gasteiger partial charge on any atom is -0.352 e. The van der Waals surface area contributed by atoms with Gasteiger partial charge < -0.3 is 21.7 Å². The van der Waals surface area contributed by atoms with Crippen LogP contribution in [0.3, 0.4) is 0 Å². The quantitative estimate of drug-likeness (QED) is 0.230. The minimum absolute atomic E-state index is 0.180. The Labute approximate surface area is 181 Å². The van der Waals surface area contributed by atoms with Gasteiger partial charge >= 0.3 is 6.03 Å². The topological polar surface area (TPSA) is 168 Å². The molecule has 0 saturated carbocycles. The van der Waals surface area contributed by atoms with Crippen molar-refractivity contribution in [1.29, 1.82) is 0 Å². The van der Waals surface area contributed by atoms with E-state index in [1.807, 2.05) is 0 Å². The second-order valence-electron chi connectivity index (χ2n) is 7.94. The van der Waals surface area contributed by atoms with Gasteiger partial charge in [0.2, 0.25) is 11.8 Å². The Morgan fingerprint density at radius 2 is 1.58 bits per heavy atom. The molecule has 0 fully saturated rings. The Hall–Kier alpha value is -3.24. The van der Waals surface area contributed by atoms with Crippen LogP contribution in [0.2, 0.25) is 0 Å². The summed E-state index contributed by atoms with van der Waals surface area (Å²) >= 11 is 0. The van der Waals surface area contributed by atoms with Crippen LogP contribution in [0.4, 0.5) is 4.79 Å². The molecule has 11 nitrogen and oxygen atoms in total. The molecule has 1 heterocycles. The van der Waals surface area contributed by atoms with Crippen LogP contribution in [0.15, 0.2) is 12.2 Å². The van der Waals surface area contributed by atoms with E-state index in [0.717, 1.165) is 17.1 Å². The number of imide groups is 1. The van der Waals surface area contributed by atoms with Crippen LogP contribution in [-0.4, -0.2) is 65.5 Å². The van der Waals surface area contributed by atoms with E-state index in [1.54, 1.807) is 27.7 Å². The van der Waals surface area contributed by atoms with Crippen molar-refractivity contribution in [1.82, 2.24) is 20.9 Å². The zero-order valence-corrected chi connectivity index (χ0v) is 18.3. The van der Waals surface area contributed by atoms with Gasteiger partial charge in [0.05, 0.1) is 6.04 Å². The first-order valence-electron chi connectivity index (χ1n) is 10.1. The Morgan fingerprint density at radius 3 is 2.06 bits per heavy atom. The number of carbonyl (C=O) groups is 6. The van der Waals surface area contributed by atoms with E-state index < -0.39 is 48.3 Å². The van der Waals surface area contributed by atoms with Crippen LogP contribution in [0, 0.1) is 11.8 Å². The summed E-state index contributed by atoms with van der Waals surface area (Å²) in [7, 11) is 0. The molecule has 1 aliphatic heterocycles. The molecule has 0 radical (unpaired) electrons. The number of hydrogen-bond donors (Lipinski definition) is 4. The van der Waals surface area contributed by atoms with Gasteiger partial charge in [-0.3, -0.25) is 28.9 Å². The molecule has 1 rings (SSSR count). The summed E-state index contributed by atoms with van der Waals surface area (Å²) in [6, 6.07) is -2.45. The third-order valence-electron chi connectivity index (χ3n) is 4.67. The van der Waals surface area contributed by atoms with Gasteiger partial charge in [-0.2, -0.15) is 0 Å². The molecule has 2 unspecified atom stereocenters. The number of nitrogens with one attached hydrogen (secondary N) is 3. The van der Waals surface area contributed by atoms with Crippen molar-refractivity contribution in [2.24, 2.45) is 17.6 Å². The summed E-state index contributed by atoms with van der Waals surface area (Å²) in [6.07, 6.45) is 2.83. The molecule has 6 amide bonds. The maximum Gasteiger partial charge on any atom is 0.312 e. The van der Waals surface area contributed by atoms with Crippen molar-refractivity contribution in [3.63, 3.8) is 0 Å². The summed E-state index contributed by atoms with van der Waals surface area (Å²) in [6.45, 7) is 6.60. The van der Waals surface area contributed by atoms with Gasteiger partial charge in [-0.25, -0.2) is 4.79 Å². The van der Waals surface area contributed by atoms with Gasteiger partial charge in [0.1, 0.15) is 12.6 Å². The van der Waals surface area contributed by atoms with E-state index in [4.69, 9.17) is 5.73 Å². The fourth-order valence-electron chi connectivity index (χ4n) is 2.95. The Kier molecular flexibility index (Phi) is 9.84. The first kappa shape index (κ1) is 25.8. The molecule has 0 aliphatic carbocycles. The van der Waals surface area contributed by atoms with Gasteiger partial charge in [0.25, 0.3) is 11.8 Å². The minimum atomic E-state index is -0.973. The second kappa shape index (κ2) is 11.8. The average molecular weight is 437 g/mol. The molecular formula is C20H31N5O6.